The molecule has 0 fully saturated rings. The highest BCUT2D eigenvalue weighted by molar-refractivity contribution is 6.02. The maximum atomic E-state index is 14.2. The van der Waals surface area contributed by atoms with E-state index in [1.807, 2.05) is 24.3 Å². The number of fused-ring (bicyclic) bond motifs is 2. The maximum absolute atomic E-state index is 14.2. The molecular formula is C20H20FN3O2. The number of benzene rings is 2. The fourth-order valence-electron chi connectivity index (χ4n) is 4.00. The van der Waals surface area contributed by atoms with Crippen molar-refractivity contribution in [1.82, 2.24) is 5.32 Å². The fraction of sp³-hybridized carbons (Fsp3) is 0.300. The Morgan fingerprint density at radius 3 is 2.65 bits per heavy atom. The Kier molecular flexibility index (Phi) is 4.00. The number of carbonyl (C=O) groups excluding carboxylic acids is 2. The second-order valence-corrected chi connectivity index (χ2v) is 6.93. The Hall–Kier alpha value is -2.73. The van der Waals surface area contributed by atoms with E-state index in [9.17, 15) is 14.0 Å². The molecule has 1 heterocycles. The maximum Gasteiger partial charge on any atom is 0.228 e. The fourth-order valence-corrected chi connectivity index (χ4v) is 4.00. The highest BCUT2D eigenvalue weighted by Crippen LogP contribution is 2.38. The molecule has 2 amide bonds. The van der Waals surface area contributed by atoms with Crippen molar-refractivity contribution in [1.29, 1.82) is 0 Å². The molecule has 0 aromatic heterocycles. The van der Waals surface area contributed by atoms with Crippen LogP contribution in [0, 0.1) is 5.82 Å². The highest BCUT2D eigenvalue weighted by atomic mass is 19.1. The first-order valence-corrected chi connectivity index (χ1v) is 8.66. The third kappa shape index (κ3) is 2.57. The molecule has 3 N–H and O–H groups in total. The predicted octanol–water partition coefficient (Wildman–Crippen LogP) is 2.02. The van der Waals surface area contributed by atoms with Crippen LogP contribution >= 0.6 is 0 Å². The zero-order valence-electron chi connectivity index (χ0n) is 14.4. The molecule has 134 valence electrons. The zero-order chi connectivity index (χ0) is 18.4. The number of hydrogen-bond donors (Lipinski definition) is 2. The van der Waals surface area contributed by atoms with Gasteiger partial charge in [0.05, 0.1) is 23.7 Å². The van der Waals surface area contributed by atoms with Crippen molar-refractivity contribution in [3.05, 3.63) is 65.0 Å². The minimum Gasteiger partial charge on any atom is -0.351 e. The van der Waals surface area contributed by atoms with Crippen LogP contribution < -0.4 is 16.0 Å². The largest absolute Gasteiger partial charge is 0.351 e. The average molecular weight is 353 g/mol. The summed E-state index contributed by atoms with van der Waals surface area (Å²) in [6.45, 7) is 0. The number of para-hydroxylation sites is 1. The molecule has 0 saturated carbocycles. The van der Waals surface area contributed by atoms with Gasteiger partial charge in [-0.15, -0.1) is 0 Å². The summed E-state index contributed by atoms with van der Waals surface area (Å²) in [6.07, 6.45) is 0.674. The van der Waals surface area contributed by atoms with Crippen LogP contribution in [0.25, 0.3) is 0 Å². The van der Waals surface area contributed by atoms with Gasteiger partial charge in [-0.25, -0.2) is 4.39 Å². The second-order valence-electron chi connectivity index (χ2n) is 6.93. The lowest BCUT2D eigenvalue weighted by Gasteiger charge is -2.32. The number of rotatable bonds is 2. The first kappa shape index (κ1) is 16.7. The van der Waals surface area contributed by atoms with E-state index in [0.717, 1.165) is 11.1 Å². The Balaban J connectivity index is 1.59. The summed E-state index contributed by atoms with van der Waals surface area (Å²) in [7, 11) is 1.53. The Morgan fingerprint density at radius 2 is 1.88 bits per heavy atom. The van der Waals surface area contributed by atoms with Gasteiger partial charge in [-0.3, -0.25) is 9.59 Å². The highest BCUT2D eigenvalue weighted by Gasteiger charge is 2.38. The first-order valence-electron chi connectivity index (χ1n) is 8.66. The van der Waals surface area contributed by atoms with Crippen LogP contribution in [-0.2, 0) is 16.0 Å². The molecule has 3 atom stereocenters. The molecule has 6 heteroatoms. The summed E-state index contributed by atoms with van der Waals surface area (Å²) in [5.41, 5.74) is 9.16. The van der Waals surface area contributed by atoms with Gasteiger partial charge in [0.15, 0.2) is 0 Å². The number of nitrogens with zero attached hydrogens (tertiary/aromatic N) is 1. The minimum atomic E-state index is -0.708. The van der Waals surface area contributed by atoms with Crippen LogP contribution in [0.15, 0.2) is 42.5 Å². The monoisotopic (exact) mass is 353 g/mol. The summed E-state index contributed by atoms with van der Waals surface area (Å²) in [6, 6.07) is 11.9. The molecule has 4 rings (SSSR count). The van der Waals surface area contributed by atoms with Gasteiger partial charge in [-0.05, 0) is 29.2 Å². The lowest BCUT2D eigenvalue weighted by atomic mass is 9.88. The third-order valence-electron chi connectivity index (χ3n) is 5.41. The van der Waals surface area contributed by atoms with Gasteiger partial charge >= 0.3 is 0 Å². The molecule has 0 spiro atoms. The van der Waals surface area contributed by atoms with Gasteiger partial charge in [0.1, 0.15) is 5.82 Å². The molecule has 1 aliphatic heterocycles. The molecule has 2 aliphatic rings. The topological polar surface area (TPSA) is 75.4 Å². The molecule has 0 radical (unpaired) electrons. The van der Waals surface area contributed by atoms with Crippen LogP contribution in [-0.4, -0.2) is 24.9 Å². The van der Waals surface area contributed by atoms with Crippen molar-refractivity contribution >= 4 is 17.5 Å². The Morgan fingerprint density at radius 1 is 1.15 bits per heavy atom. The quantitative estimate of drug-likeness (QED) is 0.867. The van der Waals surface area contributed by atoms with Gasteiger partial charge < -0.3 is 16.0 Å². The number of nitrogens with one attached hydrogen (secondary N) is 1. The molecular weight excluding hydrogens is 333 g/mol. The van der Waals surface area contributed by atoms with Gasteiger partial charge in [-0.2, -0.15) is 0 Å². The standard InChI is InChI=1S/C20H20FN3O2/c1-24-17(25)10-14(13-7-4-8-15(21)19(13)24)20(26)23-16-9-11-5-2-3-6-12(11)18(16)22/h2-8,14,16,18H,9-10,22H2,1H3,(H,23,26)/t14?,16-,18-/m0/s1. The SMILES string of the molecule is CN1C(=O)CC(C(=O)N[C@H]2Cc3ccccc3[C@@H]2N)c2cccc(F)c21. The van der Waals surface area contributed by atoms with E-state index in [4.69, 9.17) is 5.73 Å². The minimum absolute atomic E-state index is 0.0215. The summed E-state index contributed by atoms with van der Waals surface area (Å²) >= 11 is 0. The summed E-state index contributed by atoms with van der Waals surface area (Å²) < 4.78 is 14.2. The number of anilines is 1. The second kappa shape index (κ2) is 6.21. The van der Waals surface area contributed by atoms with Gasteiger partial charge in [0.2, 0.25) is 11.8 Å². The van der Waals surface area contributed by atoms with Crippen LogP contribution in [0.1, 0.15) is 35.1 Å². The van der Waals surface area contributed by atoms with Gasteiger partial charge in [0, 0.05) is 13.5 Å². The number of carbonyl (C=O) groups is 2. The average Bonchev–Trinajstić information content (AvgIpc) is 2.94. The summed E-state index contributed by atoms with van der Waals surface area (Å²) in [5.74, 6) is -1.77. The van der Waals surface area contributed by atoms with Crippen LogP contribution in [0.5, 0.6) is 0 Å². The lowest BCUT2D eigenvalue weighted by molar-refractivity contribution is -0.127. The van der Waals surface area contributed by atoms with E-state index in [1.165, 1.54) is 18.0 Å². The Labute approximate surface area is 151 Å². The molecule has 1 aliphatic carbocycles. The lowest BCUT2D eigenvalue weighted by Crippen LogP contribution is -2.45. The molecule has 1 unspecified atom stereocenters. The van der Waals surface area contributed by atoms with Crippen molar-refractivity contribution in [3.8, 4) is 0 Å². The van der Waals surface area contributed by atoms with Crippen LogP contribution in [0.4, 0.5) is 10.1 Å². The third-order valence-corrected chi connectivity index (χ3v) is 5.41. The number of halogens is 1. The summed E-state index contributed by atoms with van der Waals surface area (Å²) in [5, 5.41) is 2.98. The number of amides is 2. The number of nitrogens with two attached hydrogens (primary N) is 1. The Bertz CT molecular complexity index is 898. The van der Waals surface area contributed by atoms with Crippen molar-refractivity contribution in [3.63, 3.8) is 0 Å². The summed E-state index contributed by atoms with van der Waals surface area (Å²) in [4.78, 5) is 26.5. The molecule has 26 heavy (non-hydrogen) atoms. The molecule has 2 aromatic rings. The van der Waals surface area contributed by atoms with Crippen molar-refractivity contribution in [2.45, 2.75) is 30.8 Å². The van der Waals surface area contributed by atoms with E-state index in [2.05, 4.69) is 5.32 Å². The smallest absolute Gasteiger partial charge is 0.228 e. The normalized spacial score (nSPS) is 24.2. The van der Waals surface area contributed by atoms with E-state index in [0.29, 0.717) is 12.0 Å². The predicted molar refractivity (Wildman–Crippen MR) is 96.2 cm³/mol. The van der Waals surface area contributed by atoms with E-state index >= 15 is 0 Å². The molecule has 0 saturated heterocycles. The molecule has 0 bridgehead atoms. The first-order chi connectivity index (χ1) is 12.5. The van der Waals surface area contributed by atoms with E-state index in [1.54, 1.807) is 12.1 Å². The molecule has 2 aromatic carbocycles. The van der Waals surface area contributed by atoms with Gasteiger partial charge in [0.25, 0.3) is 0 Å². The van der Waals surface area contributed by atoms with E-state index < -0.39 is 11.7 Å². The van der Waals surface area contributed by atoms with Crippen molar-refractivity contribution in [2.75, 3.05) is 11.9 Å². The van der Waals surface area contributed by atoms with Crippen LogP contribution in [0.3, 0.4) is 0 Å². The van der Waals surface area contributed by atoms with Crippen molar-refractivity contribution < 1.29 is 14.0 Å². The van der Waals surface area contributed by atoms with Crippen LogP contribution in [0.2, 0.25) is 0 Å². The van der Waals surface area contributed by atoms with Crippen molar-refractivity contribution in [2.24, 2.45) is 5.73 Å². The number of hydrogen-bond acceptors (Lipinski definition) is 3. The molecule has 5 nitrogen and oxygen atoms in total. The zero-order valence-corrected chi connectivity index (χ0v) is 14.4. The van der Waals surface area contributed by atoms with Gasteiger partial charge in [-0.1, -0.05) is 36.4 Å². The van der Waals surface area contributed by atoms with E-state index in [-0.39, 0.29) is 36.0 Å².